The van der Waals surface area contributed by atoms with Crippen LogP contribution in [0.4, 0.5) is 0 Å². The Morgan fingerprint density at radius 3 is 2.67 bits per heavy atom. The van der Waals surface area contributed by atoms with Crippen LogP contribution in [0.25, 0.3) is 22.5 Å². The zero-order chi connectivity index (χ0) is 19.8. The van der Waals surface area contributed by atoms with Crippen LogP contribution >= 0.6 is 0 Å². The molecule has 0 aliphatic rings. The van der Waals surface area contributed by atoms with Crippen molar-refractivity contribution in [1.29, 1.82) is 0 Å². The van der Waals surface area contributed by atoms with E-state index in [0.29, 0.717) is 34.6 Å². The number of nitrogens with zero attached hydrogens (tertiary/aromatic N) is 3. The Balaban J connectivity index is 2.15. The normalized spacial score (nSPS) is 14.1. The number of amides is 1. The third-order valence-electron chi connectivity index (χ3n) is 5.17. The van der Waals surface area contributed by atoms with Gasteiger partial charge in [-0.25, -0.2) is 9.67 Å². The Morgan fingerprint density at radius 2 is 2.11 bits per heavy atom. The van der Waals surface area contributed by atoms with Crippen molar-refractivity contribution < 1.29 is 9.21 Å². The molecule has 144 valence electrons. The van der Waals surface area contributed by atoms with Gasteiger partial charge in [0.25, 0.3) is 5.91 Å². The maximum absolute atomic E-state index is 13.2. The summed E-state index contributed by atoms with van der Waals surface area (Å²) >= 11 is 0. The molecule has 3 rings (SSSR count). The minimum Gasteiger partial charge on any atom is -0.463 e. The lowest BCUT2D eigenvalue weighted by atomic mass is 9.88. The molecule has 1 unspecified atom stereocenters. The van der Waals surface area contributed by atoms with Gasteiger partial charge in [0.2, 0.25) is 0 Å². The standard InChI is InChI=1S/C20H27N5O2/c1-12(2)20(5,11-21)24-19(26)14-9-16(17-7-6-8-27-17)23-18-15(14)10-22-25(18)13(3)4/h6-10,12-13H,11,21H2,1-5H3,(H,24,26). The molecule has 27 heavy (non-hydrogen) atoms. The number of furan rings is 1. The summed E-state index contributed by atoms with van der Waals surface area (Å²) in [6.07, 6.45) is 3.28. The summed E-state index contributed by atoms with van der Waals surface area (Å²) in [5.41, 5.74) is 7.20. The molecule has 0 saturated heterocycles. The maximum atomic E-state index is 13.2. The largest absolute Gasteiger partial charge is 0.463 e. The van der Waals surface area contributed by atoms with Crippen LogP contribution in [0.1, 0.15) is 51.0 Å². The van der Waals surface area contributed by atoms with E-state index in [2.05, 4.69) is 10.4 Å². The first-order valence-electron chi connectivity index (χ1n) is 9.21. The van der Waals surface area contributed by atoms with Gasteiger partial charge in [-0.15, -0.1) is 0 Å². The molecule has 0 aromatic carbocycles. The van der Waals surface area contributed by atoms with E-state index in [4.69, 9.17) is 15.1 Å². The van der Waals surface area contributed by atoms with E-state index in [1.807, 2.05) is 45.4 Å². The fourth-order valence-corrected chi connectivity index (χ4v) is 2.89. The third-order valence-corrected chi connectivity index (χ3v) is 5.17. The summed E-state index contributed by atoms with van der Waals surface area (Å²) in [5.74, 6) is 0.597. The average Bonchev–Trinajstić information content (AvgIpc) is 3.29. The highest BCUT2D eigenvalue weighted by atomic mass is 16.3. The molecule has 0 radical (unpaired) electrons. The summed E-state index contributed by atoms with van der Waals surface area (Å²) in [7, 11) is 0. The van der Waals surface area contributed by atoms with Crippen LogP contribution in [-0.4, -0.2) is 32.8 Å². The zero-order valence-electron chi connectivity index (χ0n) is 16.5. The second kappa shape index (κ2) is 7.15. The molecular weight excluding hydrogens is 342 g/mol. The van der Waals surface area contributed by atoms with Gasteiger partial charge in [-0.2, -0.15) is 5.10 Å². The van der Waals surface area contributed by atoms with Crippen molar-refractivity contribution >= 4 is 16.9 Å². The highest BCUT2D eigenvalue weighted by molar-refractivity contribution is 6.06. The van der Waals surface area contributed by atoms with E-state index >= 15 is 0 Å². The molecule has 3 aromatic heterocycles. The van der Waals surface area contributed by atoms with Crippen molar-refractivity contribution in [3.63, 3.8) is 0 Å². The lowest BCUT2D eigenvalue weighted by Crippen LogP contribution is -2.55. The topological polar surface area (TPSA) is 99.0 Å². The number of nitrogens with one attached hydrogen (secondary N) is 1. The van der Waals surface area contributed by atoms with Gasteiger partial charge in [-0.1, -0.05) is 13.8 Å². The van der Waals surface area contributed by atoms with Crippen molar-refractivity contribution in [3.05, 3.63) is 36.2 Å². The minimum absolute atomic E-state index is 0.114. The number of aromatic nitrogens is 3. The lowest BCUT2D eigenvalue weighted by Gasteiger charge is -2.33. The second-order valence-corrected chi connectivity index (χ2v) is 7.68. The van der Waals surface area contributed by atoms with Crippen LogP contribution in [-0.2, 0) is 0 Å². The number of hydrogen-bond donors (Lipinski definition) is 2. The van der Waals surface area contributed by atoms with Gasteiger partial charge in [-0.05, 0) is 44.9 Å². The number of nitrogens with two attached hydrogens (primary N) is 1. The number of carbonyl (C=O) groups is 1. The van der Waals surface area contributed by atoms with Gasteiger partial charge in [0.05, 0.1) is 28.9 Å². The summed E-state index contributed by atoms with van der Waals surface area (Å²) < 4.78 is 7.31. The van der Waals surface area contributed by atoms with Gasteiger partial charge in [0, 0.05) is 12.6 Å². The molecule has 0 fully saturated rings. The Morgan fingerprint density at radius 1 is 1.37 bits per heavy atom. The maximum Gasteiger partial charge on any atom is 0.252 e. The molecule has 0 aliphatic carbocycles. The quantitative estimate of drug-likeness (QED) is 0.694. The number of fused-ring (bicyclic) bond motifs is 1. The Kier molecular flexibility index (Phi) is 5.06. The molecule has 3 aromatic rings. The molecule has 7 heteroatoms. The van der Waals surface area contributed by atoms with E-state index in [1.54, 1.807) is 24.6 Å². The van der Waals surface area contributed by atoms with Crippen LogP contribution < -0.4 is 11.1 Å². The summed E-state index contributed by atoms with van der Waals surface area (Å²) in [5, 5.41) is 8.24. The fraction of sp³-hybridized carbons (Fsp3) is 0.450. The van der Waals surface area contributed by atoms with Gasteiger partial charge >= 0.3 is 0 Å². The van der Waals surface area contributed by atoms with Gasteiger partial charge in [0.15, 0.2) is 11.4 Å². The second-order valence-electron chi connectivity index (χ2n) is 7.68. The van der Waals surface area contributed by atoms with Crippen molar-refractivity contribution in [3.8, 4) is 11.5 Å². The monoisotopic (exact) mass is 369 g/mol. The van der Waals surface area contributed by atoms with Crippen LogP contribution in [0.2, 0.25) is 0 Å². The highest BCUT2D eigenvalue weighted by Crippen LogP contribution is 2.27. The SMILES string of the molecule is CC(C)n1ncc2c(C(=O)NC(C)(CN)C(C)C)cc(-c3ccco3)nc21. The van der Waals surface area contributed by atoms with Crippen molar-refractivity contribution in [2.24, 2.45) is 11.7 Å². The first-order chi connectivity index (χ1) is 12.8. The smallest absolute Gasteiger partial charge is 0.252 e. The molecule has 0 aliphatic heterocycles. The molecule has 1 amide bonds. The summed E-state index contributed by atoms with van der Waals surface area (Å²) in [4.78, 5) is 17.9. The van der Waals surface area contributed by atoms with Crippen molar-refractivity contribution in [2.45, 2.75) is 46.2 Å². The first-order valence-corrected chi connectivity index (χ1v) is 9.21. The van der Waals surface area contributed by atoms with Gasteiger partial charge < -0.3 is 15.5 Å². The molecular formula is C20H27N5O2. The average molecular weight is 369 g/mol. The lowest BCUT2D eigenvalue weighted by molar-refractivity contribution is 0.0885. The van der Waals surface area contributed by atoms with E-state index in [0.717, 1.165) is 0 Å². The molecule has 1 atom stereocenters. The Labute approximate surface area is 158 Å². The minimum atomic E-state index is -0.508. The fourth-order valence-electron chi connectivity index (χ4n) is 2.89. The predicted molar refractivity (Wildman–Crippen MR) is 105 cm³/mol. The number of pyridine rings is 1. The van der Waals surface area contributed by atoms with E-state index in [9.17, 15) is 4.79 Å². The summed E-state index contributed by atoms with van der Waals surface area (Å²) in [6, 6.07) is 5.48. The van der Waals surface area contributed by atoms with Crippen LogP contribution in [0.5, 0.6) is 0 Å². The van der Waals surface area contributed by atoms with Gasteiger partial charge in [0.1, 0.15) is 5.69 Å². The van der Waals surface area contributed by atoms with E-state index in [-0.39, 0.29) is 17.9 Å². The molecule has 0 bridgehead atoms. The molecule has 7 nitrogen and oxygen atoms in total. The Bertz CT molecular complexity index is 943. The highest BCUT2D eigenvalue weighted by Gasteiger charge is 2.30. The molecule has 3 heterocycles. The molecule has 3 N–H and O–H groups in total. The zero-order valence-corrected chi connectivity index (χ0v) is 16.5. The van der Waals surface area contributed by atoms with Crippen LogP contribution in [0.3, 0.4) is 0 Å². The third kappa shape index (κ3) is 3.47. The predicted octanol–water partition coefficient (Wildman–Crippen LogP) is 3.38. The van der Waals surface area contributed by atoms with E-state index in [1.165, 1.54) is 0 Å². The molecule has 0 spiro atoms. The van der Waals surface area contributed by atoms with Crippen molar-refractivity contribution in [1.82, 2.24) is 20.1 Å². The van der Waals surface area contributed by atoms with Crippen LogP contribution in [0.15, 0.2) is 35.1 Å². The Hall–Kier alpha value is -2.67. The number of hydrogen-bond acceptors (Lipinski definition) is 5. The van der Waals surface area contributed by atoms with Gasteiger partial charge in [-0.3, -0.25) is 4.79 Å². The van der Waals surface area contributed by atoms with E-state index < -0.39 is 5.54 Å². The summed E-state index contributed by atoms with van der Waals surface area (Å²) in [6.45, 7) is 10.4. The van der Waals surface area contributed by atoms with Crippen molar-refractivity contribution in [2.75, 3.05) is 6.54 Å². The number of carbonyl (C=O) groups excluding carboxylic acids is 1. The first kappa shape index (κ1) is 19.1. The molecule has 0 saturated carbocycles. The number of rotatable bonds is 6. The van der Waals surface area contributed by atoms with Crippen LogP contribution in [0, 0.1) is 5.92 Å².